The Morgan fingerprint density at radius 1 is 1.38 bits per heavy atom. The van der Waals surface area contributed by atoms with E-state index in [0.717, 1.165) is 12.1 Å². The Bertz CT molecular complexity index is 832. The van der Waals surface area contributed by atoms with Crippen molar-refractivity contribution < 1.29 is 18.8 Å². The van der Waals surface area contributed by atoms with Crippen LogP contribution in [0.4, 0.5) is 15.8 Å². The number of nitro groups is 1. The highest BCUT2D eigenvalue weighted by Crippen LogP contribution is 2.22. The number of rotatable bonds is 5. The molecule has 122 valence electrons. The molecule has 0 aliphatic carbocycles. The molecule has 2 rings (SSSR count). The van der Waals surface area contributed by atoms with Gasteiger partial charge >= 0.3 is 5.69 Å². The number of nitrogens with zero attached hydrogens (tertiary/aromatic N) is 2. The lowest BCUT2D eigenvalue weighted by atomic mass is 10.2. The number of carbonyl (C=O) groups is 1. The minimum absolute atomic E-state index is 0.0781. The van der Waals surface area contributed by atoms with Crippen molar-refractivity contribution in [1.82, 2.24) is 0 Å². The van der Waals surface area contributed by atoms with E-state index in [-0.39, 0.29) is 5.69 Å². The highest BCUT2D eigenvalue weighted by atomic mass is 19.1. The summed E-state index contributed by atoms with van der Waals surface area (Å²) < 4.78 is 18.7. The van der Waals surface area contributed by atoms with E-state index < -0.39 is 28.4 Å². The van der Waals surface area contributed by atoms with Crippen LogP contribution in [-0.4, -0.2) is 16.9 Å². The van der Waals surface area contributed by atoms with Gasteiger partial charge in [0.05, 0.1) is 16.6 Å². The Morgan fingerprint density at radius 2 is 2.12 bits per heavy atom. The van der Waals surface area contributed by atoms with Crippen LogP contribution >= 0.6 is 0 Å². The average Bonchev–Trinajstić information content (AvgIpc) is 2.56. The van der Waals surface area contributed by atoms with E-state index in [1.807, 2.05) is 6.07 Å². The van der Waals surface area contributed by atoms with Crippen molar-refractivity contribution in [2.24, 2.45) is 0 Å². The van der Waals surface area contributed by atoms with E-state index in [9.17, 15) is 19.3 Å². The lowest BCUT2D eigenvalue weighted by Gasteiger charge is -2.14. The second-order valence-electron chi connectivity index (χ2n) is 4.81. The van der Waals surface area contributed by atoms with Crippen molar-refractivity contribution in [2.75, 3.05) is 5.32 Å². The highest BCUT2D eigenvalue weighted by Gasteiger charge is 2.18. The summed E-state index contributed by atoms with van der Waals surface area (Å²) in [4.78, 5) is 21.9. The van der Waals surface area contributed by atoms with Crippen LogP contribution in [0.1, 0.15) is 12.5 Å². The first kappa shape index (κ1) is 16.9. The normalized spacial score (nSPS) is 11.2. The second kappa shape index (κ2) is 7.19. The summed E-state index contributed by atoms with van der Waals surface area (Å²) in [5.74, 6) is -1.23. The quantitative estimate of drug-likeness (QED) is 0.670. The lowest BCUT2D eigenvalue weighted by molar-refractivity contribution is -0.387. The molecule has 0 aliphatic heterocycles. The number of benzene rings is 2. The van der Waals surface area contributed by atoms with Crippen molar-refractivity contribution >= 4 is 17.3 Å². The van der Waals surface area contributed by atoms with E-state index in [4.69, 9.17) is 10.00 Å². The maximum absolute atomic E-state index is 13.3. The van der Waals surface area contributed by atoms with Crippen LogP contribution in [0.15, 0.2) is 42.5 Å². The van der Waals surface area contributed by atoms with E-state index in [1.54, 1.807) is 18.2 Å². The van der Waals surface area contributed by atoms with Crippen molar-refractivity contribution in [3.05, 3.63) is 64.0 Å². The van der Waals surface area contributed by atoms with E-state index in [2.05, 4.69) is 5.32 Å². The first-order chi connectivity index (χ1) is 11.4. The molecule has 0 radical (unpaired) electrons. The van der Waals surface area contributed by atoms with Gasteiger partial charge in [-0.05, 0) is 37.3 Å². The summed E-state index contributed by atoms with van der Waals surface area (Å²) in [6.07, 6.45) is -0.928. The third kappa shape index (κ3) is 4.04. The molecule has 1 N–H and O–H groups in total. The standard InChI is InChI=1S/C16H12FN3O4/c1-10(24-13-4-2-3-11(7-13)9-18)16(21)19-12-5-6-14(17)15(8-12)20(22)23/h2-8,10H,1H3,(H,19,21). The summed E-state index contributed by atoms with van der Waals surface area (Å²) in [7, 11) is 0. The third-order valence-electron chi connectivity index (χ3n) is 3.06. The summed E-state index contributed by atoms with van der Waals surface area (Å²) in [6.45, 7) is 1.48. The summed E-state index contributed by atoms with van der Waals surface area (Å²) in [5.41, 5.74) is -0.272. The number of ether oxygens (including phenoxy) is 1. The fourth-order valence-electron chi connectivity index (χ4n) is 1.87. The van der Waals surface area contributed by atoms with Gasteiger partial charge in [0.2, 0.25) is 5.82 Å². The number of nitro benzene ring substituents is 1. The number of amides is 1. The van der Waals surface area contributed by atoms with Gasteiger partial charge in [0.15, 0.2) is 6.10 Å². The van der Waals surface area contributed by atoms with Crippen LogP contribution in [0, 0.1) is 27.3 Å². The van der Waals surface area contributed by atoms with Gasteiger partial charge in [-0.25, -0.2) is 0 Å². The SMILES string of the molecule is CC(Oc1cccc(C#N)c1)C(=O)Nc1ccc(F)c([N+](=O)[O-])c1. The molecule has 0 spiro atoms. The maximum atomic E-state index is 13.3. The zero-order valence-corrected chi connectivity index (χ0v) is 12.5. The van der Waals surface area contributed by atoms with E-state index >= 15 is 0 Å². The predicted octanol–water partition coefficient (Wildman–Crippen LogP) is 3.01. The molecule has 0 fully saturated rings. The predicted molar refractivity (Wildman–Crippen MR) is 82.9 cm³/mol. The molecule has 0 heterocycles. The molecular formula is C16H12FN3O4. The van der Waals surface area contributed by atoms with Gasteiger partial charge in [0.1, 0.15) is 5.75 Å². The van der Waals surface area contributed by atoms with Crippen LogP contribution in [0.3, 0.4) is 0 Å². The van der Waals surface area contributed by atoms with Gasteiger partial charge in [0.25, 0.3) is 5.91 Å². The van der Waals surface area contributed by atoms with E-state index in [1.165, 1.54) is 19.1 Å². The van der Waals surface area contributed by atoms with Crippen LogP contribution in [0.25, 0.3) is 0 Å². The average molecular weight is 329 g/mol. The van der Waals surface area contributed by atoms with Crippen LogP contribution in [-0.2, 0) is 4.79 Å². The lowest BCUT2D eigenvalue weighted by Crippen LogP contribution is -2.30. The fourth-order valence-corrected chi connectivity index (χ4v) is 1.87. The second-order valence-corrected chi connectivity index (χ2v) is 4.81. The van der Waals surface area contributed by atoms with Crippen molar-refractivity contribution in [1.29, 1.82) is 5.26 Å². The van der Waals surface area contributed by atoms with Crippen LogP contribution in [0.5, 0.6) is 5.75 Å². The topological polar surface area (TPSA) is 105 Å². The van der Waals surface area contributed by atoms with E-state index in [0.29, 0.717) is 11.3 Å². The molecule has 0 aliphatic rings. The molecule has 7 nitrogen and oxygen atoms in total. The van der Waals surface area contributed by atoms with Gasteiger partial charge in [-0.2, -0.15) is 9.65 Å². The number of halogens is 1. The Labute approximate surface area is 136 Å². The molecule has 8 heteroatoms. The summed E-state index contributed by atoms with van der Waals surface area (Å²) in [5, 5.41) is 21.9. The molecule has 0 aromatic heterocycles. The Hall–Kier alpha value is -3.47. The zero-order chi connectivity index (χ0) is 17.7. The first-order valence-electron chi connectivity index (χ1n) is 6.82. The molecule has 1 amide bonds. The number of hydrogen-bond acceptors (Lipinski definition) is 5. The third-order valence-corrected chi connectivity index (χ3v) is 3.06. The minimum Gasteiger partial charge on any atom is -0.481 e. The molecule has 2 aromatic rings. The van der Waals surface area contributed by atoms with Crippen molar-refractivity contribution in [3.63, 3.8) is 0 Å². The zero-order valence-electron chi connectivity index (χ0n) is 12.5. The maximum Gasteiger partial charge on any atom is 0.306 e. The van der Waals surface area contributed by atoms with Gasteiger partial charge in [-0.15, -0.1) is 0 Å². The Kier molecular flexibility index (Phi) is 5.06. The van der Waals surface area contributed by atoms with Crippen molar-refractivity contribution in [3.8, 4) is 11.8 Å². The molecule has 1 atom stereocenters. The van der Waals surface area contributed by atoms with Crippen LogP contribution in [0.2, 0.25) is 0 Å². The highest BCUT2D eigenvalue weighted by molar-refractivity contribution is 5.94. The number of nitrogens with one attached hydrogen (secondary N) is 1. The van der Waals surface area contributed by atoms with Gasteiger partial charge in [-0.3, -0.25) is 14.9 Å². The van der Waals surface area contributed by atoms with Crippen molar-refractivity contribution in [2.45, 2.75) is 13.0 Å². The number of carbonyl (C=O) groups excluding carboxylic acids is 1. The monoisotopic (exact) mass is 329 g/mol. The molecule has 1 unspecified atom stereocenters. The van der Waals surface area contributed by atoms with Gasteiger partial charge < -0.3 is 10.1 Å². The summed E-state index contributed by atoms with van der Waals surface area (Å²) in [6, 6.07) is 11.3. The van der Waals surface area contributed by atoms with Gasteiger partial charge in [0, 0.05) is 11.8 Å². The first-order valence-corrected chi connectivity index (χ1v) is 6.82. The molecular weight excluding hydrogens is 317 g/mol. The largest absolute Gasteiger partial charge is 0.481 e. The number of hydrogen-bond donors (Lipinski definition) is 1. The molecule has 0 saturated carbocycles. The Morgan fingerprint density at radius 3 is 2.79 bits per heavy atom. The molecule has 0 saturated heterocycles. The number of nitriles is 1. The molecule has 24 heavy (non-hydrogen) atoms. The smallest absolute Gasteiger partial charge is 0.306 e. The fraction of sp³-hybridized carbons (Fsp3) is 0.125. The molecule has 2 aromatic carbocycles. The minimum atomic E-state index is -0.990. The molecule has 0 bridgehead atoms. The number of anilines is 1. The Balaban J connectivity index is 2.07. The summed E-state index contributed by atoms with van der Waals surface area (Å²) >= 11 is 0. The van der Waals surface area contributed by atoms with Gasteiger partial charge in [-0.1, -0.05) is 6.07 Å². The van der Waals surface area contributed by atoms with Crippen LogP contribution < -0.4 is 10.1 Å².